The van der Waals surface area contributed by atoms with E-state index in [1.165, 1.54) is 23.8 Å². The molecule has 33 heavy (non-hydrogen) atoms. The van der Waals surface area contributed by atoms with Crippen LogP contribution in [0.4, 0.5) is 11.4 Å². The summed E-state index contributed by atoms with van der Waals surface area (Å²) in [5.74, 6) is 0.105. The molecule has 8 nitrogen and oxygen atoms in total. The van der Waals surface area contributed by atoms with Gasteiger partial charge in [0.1, 0.15) is 18.0 Å². The molecule has 2 aromatic carbocycles. The van der Waals surface area contributed by atoms with E-state index in [-0.39, 0.29) is 18.4 Å². The SMILES string of the molecule is COc1ccc(NC(=O)CN2C(=O)[C@H](C(=O)N3CCCCC3)Sc3ccccc32)c(OC)c1. The summed E-state index contributed by atoms with van der Waals surface area (Å²) >= 11 is 1.26. The van der Waals surface area contributed by atoms with Crippen molar-refractivity contribution in [3.05, 3.63) is 42.5 Å². The summed E-state index contributed by atoms with van der Waals surface area (Å²) in [7, 11) is 3.05. The van der Waals surface area contributed by atoms with Crippen LogP contribution in [0.25, 0.3) is 0 Å². The lowest BCUT2D eigenvalue weighted by Crippen LogP contribution is -2.52. The first kappa shape index (κ1) is 23.0. The first-order valence-electron chi connectivity index (χ1n) is 10.9. The molecule has 1 atom stereocenters. The molecule has 2 aliphatic rings. The van der Waals surface area contributed by atoms with Crippen molar-refractivity contribution in [1.29, 1.82) is 0 Å². The molecule has 0 aromatic heterocycles. The Morgan fingerprint density at radius 1 is 1.06 bits per heavy atom. The van der Waals surface area contributed by atoms with Crippen molar-refractivity contribution >= 4 is 40.9 Å². The zero-order valence-electron chi connectivity index (χ0n) is 18.7. The number of rotatable bonds is 6. The lowest BCUT2D eigenvalue weighted by molar-refractivity contribution is -0.135. The van der Waals surface area contributed by atoms with E-state index in [1.807, 2.05) is 18.2 Å². The quantitative estimate of drug-likeness (QED) is 0.654. The van der Waals surface area contributed by atoms with E-state index in [2.05, 4.69) is 5.32 Å². The smallest absolute Gasteiger partial charge is 0.250 e. The molecular formula is C24H27N3O5S. The summed E-state index contributed by atoms with van der Waals surface area (Å²) < 4.78 is 10.5. The summed E-state index contributed by atoms with van der Waals surface area (Å²) in [5.41, 5.74) is 1.10. The first-order valence-corrected chi connectivity index (χ1v) is 11.8. The van der Waals surface area contributed by atoms with Crippen LogP contribution in [0.2, 0.25) is 0 Å². The molecule has 9 heteroatoms. The van der Waals surface area contributed by atoms with Crippen LogP contribution in [0.1, 0.15) is 19.3 Å². The fourth-order valence-corrected chi connectivity index (χ4v) is 5.24. The van der Waals surface area contributed by atoms with E-state index in [1.54, 1.807) is 36.3 Å². The van der Waals surface area contributed by atoms with Crippen molar-refractivity contribution in [2.75, 3.05) is 44.1 Å². The molecule has 174 valence electrons. The summed E-state index contributed by atoms with van der Waals surface area (Å²) in [4.78, 5) is 43.5. The van der Waals surface area contributed by atoms with Gasteiger partial charge in [-0.3, -0.25) is 14.4 Å². The Balaban J connectivity index is 1.55. The van der Waals surface area contributed by atoms with E-state index in [9.17, 15) is 14.4 Å². The number of hydrogen-bond donors (Lipinski definition) is 1. The summed E-state index contributed by atoms with van der Waals surface area (Å²) in [6, 6.07) is 12.4. The molecule has 3 amide bonds. The molecule has 0 bridgehead atoms. The Kier molecular flexibility index (Phi) is 7.08. The van der Waals surface area contributed by atoms with Crippen LogP contribution in [-0.4, -0.2) is 61.7 Å². The minimum atomic E-state index is -0.888. The molecule has 0 unspecified atom stereocenters. The number of amides is 3. The van der Waals surface area contributed by atoms with Crippen molar-refractivity contribution in [2.45, 2.75) is 29.4 Å². The predicted molar refractivity (Wildman–Crippen MR) is 127 cm³/mol. The maximum absolute atomic E-state index is 13.4. The second-order valence-corrected chi connectivity index (χ2v) is 9.04. The number of piperidine rings is 1. The normalized spacial score (nSPS) is 17.9. The Morgan fingerprint density at radius 3 is 2.55 bits per heavy atom. The number of likely N-dealkylation sites (tertiary alicyclic amines) is 1. The minimum Gasteiger partial charge on any atom is -0.497 e. The van der Waals surface area contributed by atoms with Crippen LogP contribution in [0.5, 0.6) is 11.5 Å². The largest absolute Gasteiger partial charge is 0.497 e. The van der Waals surface area contributed by atoms with E-state index < -0.39 is 11.2 Å². The Hall–Kier alpha value is -3.20. The van der Waals surface area contributed by atoms with Gasteiger partial charge in [0.05, 0.1) is 25.6 Å². The average Bonchev–Trinajstić information content (AvgIpc) is 2.86. The number of nitrogens with zero attached hydrogens (tertiary/aromatic N) is 2. The molecule has 2 aromatic rings. The highest BCUT2D eigenvalue weighted by Crippen LogP contribution is 2.40. The molecule has 4 rings (SSSR count). The van der Waals surface area contributed by atoms with Gasteiger partial charge < -0.3 is 24.6 Å². The van der Waals surface area contributed by atoms with E-state index >= 15 is 0 Å². The lowest BCUT2D eigenvalue weighted by Gasteiger charge is -2.36. The van der Waals surface area contributed by atoms with Crippen molar-refractivity contribution in [3.8, 4) is 11.5 Å². The fourth-order valence-electron chi connectivity index (χ4n) is 4.05. The minimum absolute atomic E-state index is 0.179. The van der Waals surface area contributed by atoms with E-state index in [4.69, 9.17) is 9.47 Å². The molecule has 0 saturated carbocycles. The molecule has 0 aliphatic carbocycles. The predicted octanol–water partition coefficient (Wildman–Crippen LogP) is 3.16. The zero-order chi connectivity index (χ0) is 23.4. The number of methoxy groups -OCH3 is 2. The molecule has 1 saturated heterocycles. The number of ether oxygens (including phenoxy) is 2. The van der Waals surface area contributed by atoms with E-state index in [0.717, 1.165) is 24.2 Å². The second kappa shape index (κ2) is 10.2. The highest BCUT2D eigenvalue weighted by atomic mass is 32.2. The monoisotopic (exact) mass is 469 g/mol. The molecule has 0 radical (unpaired) electrons. The van der Waals surface area contributed by atoms with Gasteiger partial charge in [0.25, 0.3) is 5.91 Å². The molecule has 1 fully saturated rings. The van der Waals surface area contributed by atoms with Crippen molar-refractivity contribution < 1.29 is 23.9 Å². The number of fused-ring (bicyclic) bond motifs is 1. The zero-order valence-corrected chi connectivity index (χ0v) is 19.5. The van der Waals surface area contributed by atoms with Crippen LogP contribution < -0.4 is 19.7 Å². The summed E-state index contributed by atoms with van der Waals surface area (Å²) in [6.45, 7) is 1.13. The molecular weight excluding hydrogens is 442 g/mol. The Morgan fingerprint density at radius 2 is 1.82 bits per heavy atom. The highest BCUT2D eigenvalue weighted by Gasteiger charge is 2.41. The second-order valence-electron chi connectivity index (χ2n) is 7.89. The first-order chi connectivity index (χ1) is 16.0. The van der Waals surface area contributed by atoms with Crippen molar-refractivity contribution in [2.24, 2.45) is 0 Å². The van der Waals surface area contributed by atoms with Gasteiger partial charge in [0.15, 0.2) is 5.25 Å². The van der Waals surface area contributed by atoms with Crippen LogP contribution >= 0.6 is 11.8 Å². The fraction of sp³-hybridized carbons (Fsp3) is 0.375. The lowest BCUT2D eigenvalue weighted by atomic mass is 10.1. The number of hydrogen-bond acceptors (Lipinski definition) is 6. The summed E-state index contributed by atoms with van der Waals surface area (Å²) in [6.07, 6.45) is 2.99. The maximum Gasteiger partial charge on any atom is 0.250 e. The van der Waals surface area contributed by atoms with Gasteiger partial charge in [0.2, 0.25) is 11.8 Å². The number of thioether (sulfide) groups is 1. The average molecular weight is 470 g/mol. The number of nitrogens with one attached hydrogen (secondary N) is 1. The molecule has 2 heterocycles. The number of para-hydroxylation sites is 1. The van der Waals surface area contributed by atoms with Gasteiger partial charge in [-0.2, -0.15) is 0 Å². The highest BCUT2D eigenvalue weighted by molar-refractivity contribution is 8.01. The van der Waals surface area contributed by atoms with Crippen molar-refractivity contribution in [1.82, 2.24) is 4.90 Å². The third-order valence-electron chi connectivity index (χ3n) is 5.77. The topological polar surface area (TPSA) is 88.2 Å². The number of benzene rings is 2. The van der Waals surface area contributed by atoms with Gasteiger partial charge in [-0.15, -0.1) is 11.8 Å². The van der Waals surface area contributed by atoms with Gasteiger partial charge in [-0.25, -0.2) is 0 Å². The van der Waals surface area contributed by atoms with Gasteiger partial charge in [-0.05, 0) is 43.5 Å². The van der Waals surface area contributed by atoms with Crippen LogP contribution in [-0.2, 0) is 14.4 Å². The van der Waals surface area contributed by atoms with Crippen LogP contribution in [0, 0.1) is 0 Å². The van der Waals surface area contributed by atoms with Crippen LogP contribution in [0.3, 0.4) is 0 Å². The third kappa shape index (κ3) is 4.93. The maximum atomic E-state index is 13.4. The molecule has 0 spiro atoms. The van der Waals surface area contributed by atoms with Crippen LogP contribution in [0.15, 0.2) is 47.4 Å². The van der Waals surface area contributed by atoms with E-state index in [0.29, 0.717) is 36.0 Å². The number of carbonyl (C=O) groups excluding carboxylic acids is 3. The third-order valence-corrected chi connectivity index (χ3v) is 7.01. The summed E-state index contributed by atoms with van der Waals surface area (Å²) in [5, 5.41) is 1.92. The Labute approximate surface area is 197 Å². The molecule has 2 aliphatic heterocycles. The molecule has 1 N–H and O–H groups in total. The van der Waals surface area contributed by atoms with Crippen molar-refractivity contribution in [3.63, 3.8) is 0 Å². The van der Waals surface area contributed by atoms with Gasteiger partial charge in [-0.1, -0.05) is 12.1 Å². The number of carbonyl (C=O) groups is 3. The number of anilines is 2. The van der Waals surface area contributed by atoms with Gasteiger partial charge >= 0.3 is 0 Å². The Bertz CT molecular complexity index is 1050. The van der Waals surface area contributed by atoms with Gasteiger partial charge in [0, 0.05) is 24.1 Å². The standard InChI is InChI=1S/C24H27N3O5S/c1-31-16-10-11-17(19(14-16)32-2)25-21(28)15-27-18-8-4-5-9-20(18)33-22(24(27)30)23(29)26-12-6-3-7-13-26/h4-5,8-11,14,22H,3,6-7,12-13,15H2,1-2H3,(H,25,28)/t22-/m0/s1.